The van der Waals surface area contributed by atoms with Gasteiger partial charge in [0.25, 0.3) is 0 Å². The molecule has 0 saturated carbocycles. The van der Waals surface area contributed by atoms with Gasteiger partial charge in [-0.25, -0.2) is 19.2 Å². The van der Waals surface area contributed by atoms with E-state index in [1.165, 1.54) is 19.2 Å². The van der Waals surface area contributed by atoms with Crippen LogP contribution in [-0.2, 0) is 11.8 Å². The number of hydrogen-bond donors (Lipinski definition) is 1. The largest absolute Gasteiger partial charge is 0.465 e. The number of carbonyl (C=O) groups excluding carboxylic acids is 1. The molecule has 0 spiro atoms. The lowest BCUT2D eigenvalue weighted by atomic mass is 10.0. The maximum atomic E-state index is 14.1. The van der Waals surface area contributed by atoms with E-state index in [1.54, 1.807) is 46.7 Å². The normalized spacial score (nSPS) is 11.1. The van der Waals surface area contributed by atoms with Crippen LogP contribution in [0.1, 0.15) is 10.4 Å². The van der Waals surface area contributed by atoms with Gasteiger partial charge in [0.1, 0.15) is 33.8 Å². The predicted octanol–water partition coefficient (Wildman–Crippen LogP) is 3.56. The Hall–Kier alpha value is -3.39. The lowest BCUT2D eigenvalue weighted by Gasteiger charge is -2.08. The number of methoxy groups -OCH3 is 1. The molecule has 0 atom stereocenters. The van der Waals surface area contributed by atoms with Crippen molar-refractivity contribution >= 4 is 29.0 Å². The number of halogens is 2. The SMILES string of the molecule is COC(=O)c1ccn2c(N)c(-c3cc(F)ccc3-c3ncn(C)c3Cl)nc2c1. The monoisotopic (exact) mass is 399 g/mol. The Balaban J connectivity index is 1.95. The van der Waals surface area contributed by atoms with E-state index < -0.39 is 11.8 Å². The van der Waals surface area contributed by atoms with Gasteiger partial charge in [-0.05, 0) is 30.3 Å². The second kappa shape index (κ2) is 6.65. The highest BCUT2D eigenvalue weighted by Crippen LogP contribution is 2.37. The summed E-state index contributed by atoms with van der Waals surface area (Å²) in [6, 6.07) is 7.37. The van der Waals surface area contributed by atoms with Crippen molar-refractivity contribution in [3.05, 3.63) is 59.4 Å². The number of rotatable bonds is 3. The average molecular weight is 400 g/mol. The number of hydrogen-bond acceptors (Lipinski definition) is 5. The van der Waals surface area contributed by atoms with Gasteiger partial charge in [-0.3, -0.25) is 4.40 Å². The van der Waals surface area contributed by atoms with Crippen LogP contribution in [0, 0.1) is 5.82 Å². The van der Waals surface area contributed by atoms with Gasteiger partial charge in [0, 0.05) is 24.4 Å². The van der Waals surface area contributed by atoms with E-state index in [-0.39, 0.29) is 0 Å². The number of nitrogens with zero attached hydrogens (tertiary/aromatic N) is 4. The Kier molecular flexibility index (Phi) is 4.27. The molecule has 4 rings (SSSR count). The molecular formula is C19H15ClFN5O2. The Morgan fingerprint density at radius 3 is 2.68 bits per heavy atom. The van der Waals surface area contributed by atoms with Gasteiger partial charge in [0.15, 0.2) is 0 Å². The van der Waals surface area contributed by atoms with Crippen molar-refractivity contribution < 1.29 is 13.9 Å². The van der Waals surface area contributed by atoms with E-state index in [0.717, 1.165) is 0 Å². The number of fused-ring (bicyclic) bond motifs is 1. The zero-order chi connectivity index (χ0) is 20.0. The number of imidazole rings is 2. The van der Waals surface area contributed by atoms with Crippen LogP contribution in [0.3, 0.4) is 0 Å². The topological polar surface area (TPSA) is 87.4 Å². The van der Waals surface area contributed by atoms with Crippen LogP contribution in [0.4, 0.5) is 10.2 Å². The smallest absolute Gasteiger partial charge is 0.338 e. The predicted molar refractivity (Wildman–Crippen MR) is 104 cm³/mol. The Morgan fingerprint density at radius 1 is 1.21 bits per heavy atom. The van der Waals surface area contributed by atoms with Gasteiger partial charge in [0.2, 0.25) is 0 Å². The fourth-order valence-electron chi connectivity index (χ4n) is 3.02. The quantitative estimate of drug-likeness (QED) is 0.532. The number of carbonyl (C=O) groups is 1. The van der Waals surface area contributed by atoms with Crippen LogP contribution in [0.2, 0.25) is 5.15 Å². The van der Waals surface area contributed by atoms with Crippen LogP contribution in [-0.4, -0.2) is 32.0 Å². The first-order chi connectivity index (χ1) is 13.4. The van der Waals surface area contributed by atoms with E-state index in [0.29, 0.717) is 44.7 Å². The van der Waals surface area contributed by atoms with E-state index in [9.17, 15) is 9.18 Å². The number of nitrogens with two attached hydrogens (primary N) is 1. The third-order valence-electron chi connectivity index (χ3n) is 4.44. The van der Waals surface area contributed by atoms with E-state index in [2.05, 4.69) is 9.97 Å². The molecule has 0 amide bonds. The molecule has 0 aliphatic carbocycles. The van der Waals surface area contributed by atoms with Crippen molar-refractivity contribution in [3.63, 3.8) is 0 Å². The second-order valence-electron chi connectivity index (χ2n) is 6.17. The van der Waals surface area contributed by atoms with E-state index >= 15 is 0 Å². The molecule has 4 aromatic rings. The van der Waals surface area contributed by atoms with Crippen molar-refractivity contribution in [1.82, 2.24) is 18.9 Å². The van der Waals surface area contributed by atoms with E-state index in [4.69, 9.17) is 22.1 Å². The van der Waals surface area contributed by atoms with Crippen molar-refractivity contribution in [2.24, 2.45) is 7.05 Å². The lowest BCUT2D eigenvalue weighted by molar-refractivity contribution is 0.0600. The Bertz CT molecular complexity index is 1230. The van der Waals surface area contributed by atoms with Crippen molar-refractivity contribution in [2.45, 2.75) is 0 Å². The molecule has 7 nitrogen and oxygen atoms in total. The first kappa shape index (κ1) is 18.0. The second-order valence-corrected chi connectivity index (χ2v) is 6.52. The first-order valence-corrected chi connectivity index (χ1v) is 8.61. The lowest BCUT2D eigenvalue weighted by Crippen LogP contribution is -2.02. The summed E-state index contributed by atoms with van der Waals surface area (Å²) in [5, 5.41) is 0.406. The third-order valence-corrected chi connectivity index (χ3v) is 4.89. The number of benzene rings is 1. The van der Waals surface area contributed by atoms with Gasteiger partial charge in [-0.1, -0.05) is 11.6 Å². The minimum Gasteiger partial charge on any atom is -0.465 e. The van der Waals surface area contributed by atoms with Gasteiger partial charge in [-0.15, -0.1) is 0 Å². The molecule has 0 unspecified atom stereocenters. The van der Waals surface area contributed by atoms with Crippen LogP contribution >= 0.6 is 11.6 Å². The summed E-state index contributed by atoms with van der Waals surface area (Å²) in [4.78, 5) is 20.6. The molecule has 142 valence electrons. The van der Waals surface area contributed by atoms with E-state index in [1.807, 2.05) is 0 Å². The summed E-state index contributed by atoms with van der Waals surface area (Å²) in [7, 11) is 3.06. The molecule has 0 aliphatic heterocycles. The van der Waals surface area contributed by atoms with Crippen molar-refractivity contribution in [2.75, 3.05) is 12.8 Å². The molecule has 28 heavy (non-hydrogen) atoms. The molecule has 0 bridgehead atoms. The maximum Gasteiger partial charge on any atom is 0.338 e. The highest BCUT2D eigenvalue weighted by Gasteiger charge is 2.20. The molecule has 9 heteroatoms. The first-order valence-electron chi connectivity index (χ1n) is 8.23. The number of esters is 1. The highest BCUT2D eigenvalue weighted by atomic mass is 35.5. The summed E-state index contributed by atoms with van der Waals surface area (Å²) in [5.74, 6) is -0.639. The van der Waals surface area contributed by atoms with Crippen LogP contribution in [0.5, 0.6) is 0 Å². The summed E-state index contributed by atoms with van der Waals surface area (Å²) in [5.41, 5.74) is 8.92. The zero-order valence-electron chi connectivity index (χ0n) is 15.0. The van der Waals surface area contributed by atoms with Gasteiger partial charge in [0.05, 0.1) is 19.0 Å². The van der Waals surface area contributed by atoms with Gasteiger partial charge >= 0.3 is 5.97 Å². The standard InChI is InChI=1S/C19H15ClFN5O2/c1-25-9-23-15(17(25)20)12-4-3-11(21)8-13(12)16-18(22)26-6-5-10(19(27)28-2)7-14(26)24-16/h3-9H,22H2,1-2H3. The van der Waals surface area contributed by atoms with Crippen LogP contribution in [0.25, 0.3) is 28.2 Å². The highest BCUT2D eigenvalue weighted by molar-refractivity contribution is 6.32. The minimum atomic E-state index is -0.489. The molecule has 3 aromatic heterocycles. The van der Waals surface area contributed by atoms with Crippen molar-refractivity contribution in [3.8, 4) is 22.5 Å². The summed E-state index contributed by atoms with van der Waals surface area (Å²) < 4.78 is 22.1. The number of aromatic nitrogens is 4. The Morgan fingerprint density at radius 2 is 2.00 bits per heavy atom. The summed E-state index contributed by atoms with van der Waals surface area (Å²) >= 11 is 6.33. The number of anilines is 1. The molecule has 0 radical (unpaired) electrons. The fraction of sp³-hybridized carbons (Fsp3) is 0.105. The molecule has 0 fully saturated rings. The summed E-state index contributed by atoms with van der Waals surface area (Å²) in [6.45, 7) is 0. The molecule has 3 heterocycles. The molecule has 0 aliphatic rings. The number of ether oxygens (including phenoxy) is 1. The number of nitrogen functional groups attached to an aromatic ring is 1. The fourth-order valence-corrected chi connectivity index (χ4v) is 3.22. The van der Waals surface area contributed by atoms with Gasteiger partial charge in [-0.2, -0.15) is 0 Å². The zero-order valence-corrected chi connectivity index (χ0v) is 15.7. The maximum absolute atomic E-state index is 14.1. The van der Waals surface area contributed by atoms with Gasteiger partial charge < -0.3 is 15.0 Å². The van der Waals surface area contributed by atoms with Crippen LogP contribution in [0.15, 0.2) is 42.9 Å². The van der Waals surface area contributed by atoms with Crippen molar-refractivity contribution in [1.29, 1.82) is 0 Å². The molecule has 2 N–H and O–H groups in total. The third kappa shape index (κ3) is 2.78. The number of aryl methyl sites for hydroxylation is 1. The molecular weight excluding hydrogens is 385 g/mol. The number of pyridine rings is 1. The average Bonchev–Trinajstić information content (AvgIpc) is 3.20. The molecule has 1 aromatic carbocycles. The van der Waals surface area contributed by atoms with Crippen LogP contribution < -0.4 is 5.73 Å². The minimum absolute atomic E-state index is 0.297. The Labute approximate surface area is 164 Å². The summed E-state index contributed by atoms with van der Waals surface area (Å²) in [6.07, 6.45) is 3.18. The molecule has 0 saturated heterocycles.